The highest BCUT2D eigenvalue weighted by Crippen LogP contribution is 2.26. The number of aromatic amines is 1. The molecule has 0 amide bonds. The third kappa shape index (κ3) is 5.00. The van der Waals surface area contributed by atoms with E-state index in [1.807, 2.05) is 0 Å². The van der Waals surface area contributed by atoms with Crippen molar-refractivity contribution < 1.29 is 14.6 Å². The molecule has 3 rings (SSSR count). The van der Waals surface area contributed by atoms with Gasteiger partial charge in [0.1, 0.15) is 12.4 Å². The van der Waals surface area contributed by atoms with E-state index in [2.05, 4.69) is 15.4 Å². The molecule has 0 saturated heterocycles. The second-order valence-corrected chi connectivity index (χ2v) is 6.77. The first-order chi connectivity index (χ1) is 14.4. The highest BCUT2D eigenvalue weighted by molar-refractivity contribution is 7.71. The number of ether oxygens (including phenoxy) is 1. The smallest absolute Gasteiger partial charge is 0.273 e. The lowest BCUT2D eigenvalue weighted by atomic mass is 10.1. The number of carbonyl (C=O) groups is 1. The molecule has 0 radical (unpaired) electrons. The van der Waals surface area contributed by atoms with Crippen molar-refractivity contribution in [3.05, 3.63) is 80.5 Å². The van der Waals surface area contributed by atoms with Gasteiger partial charge in [-0.1, -0.05) is 12.1 Å². The van der Waals surface area contributed by atoms with Crippen LogP contribution in [0.15, 0.2) is 53.3 Å². The summed E-state index contributed by atoms with van der Waals surface area (Å²) in [5.41, 5.74) is 2.04. The van der Waals surface area contributed by atoms with Crippen molar-refractivity contribution >= 4 is 29.8 Å². The zero-order chi connectivity index (χ0) is 21.7. The maximum absolute atomic E-state index is 12.4. The van der Waals surface area contributed by atoms with Crippen LogP contribution in [0.4, 0.5) is 5.69 Å². The molecule has 0 aliphatic rings. The van der Waals surface area contributed by atoms with Crippen LogP contribution in [0.1, 0.15) is 21.6 Å². The zero-order valence-corrected chi connectivity index (χ0v) is 17.2. The van der Waals surface area contributed by atoms with E-state index < -0.39 is 0 Å². The first-order valence-corrected chi connectivity index (χ1v) is 9.39. The average Bonchev–Trinajstić information content (AvgIpc) is 2.75. The Kier molecular flexibility index (Phi) is 6.43. The Hall–Kier alpha value is -3.72. The number of nitrogens with zero attached hydrogens (tertiary/aromatic N) is 2. The highest BCUT2D eigenvalue weighted by atomic mass is 32.1. The van der Waals surface area contributed by atoms with Crippen LogP contribution in [-0.2, 0) is 6.67 Å². The molecule has 2 aromatic carbocycles. The second kappa shape index (κ2) is 9.19. The summed E-state index contributed by atoms with van der Waals surface area (Å²) < 4.78 is 6.75. The Morgan fingerprint density at radius 3 is 2.73 bits per heavy atom. The first kappa shape index (κ1) is 21.0. The Labute approximate surface area is 177 Å². The SMILES string of the molecule is COc1cc(C=CC(=O)c2ccc(NCn3nc(C)c(=O)[nH]c3=S)cc2)ccc1O. The van der Waals surface area contributed by atoms with E-state index in [-0.39, 0.29) is 28.5 Å². The molecule has 3 aromatic rings. The summed E-state index contributed by atoms with van der Waals surface area (Å²) in [7, 11) is 1.46. The van der Waals surface area contributed by atoms with Gasteiger partial charge in [-0.05, 0) is 67.2 Å². The number of rotatable bonds is 7. The topological polar surface area (TPSA) is 109 Å². The Bertz CT molecular complexity index is 1210. The number of methoxy groups -OCH3 is 1. The Balaban J connectivity index is 1.65. The molecule has 0 aliphatic carbocycles. The Morgan fingerprint density at radius 1 is 1.30 bits per heavy atom. The van der Waals surface area contributed by atoms with Crippen molar-refractivity contribution in [2.45, 2.75) is 13.6 Å². The number of aryl methyl sites for hydroxylation is 1. The summed E-state index contributed by atoms with van der Waals surface area (Å²) in [4.78, 5) is 26.4. The molecule has 0 aliphatic heterocycles. The monoisotopic (exact) mass is 424 g/mol. The molecule has 8 nitrogen and oxygen atoms in total. The number of aromatic nitrogens is 3. The van der Waals surface area contributed by atoms with Crippen LogP contribution in [0.25, 0.3) is 6.08 Å². The minimum atomic E-state index is -0.307. The lowest BCUT2D eigenvalue weighted by Gasteiger charge is -2.09. The number of hydrogen-bond acceptors (Lipinski definition) is 7. The molecular formula is C21H20N4O4S. The number of H-pyrrole nitrogens is 1. The quantitative estimate of drug-likeness (QED) is 0.303. The third-order valence-electron chi connectivity index (χ3n) is 4.29. The molecule has 0 atom stereocenters. The number of benzene rings is 2. The first-order valence-electron chi connectivity index (χ1n) is 8.99. The largest absolute Gasteiger partial charge is 0.504 e. The van der Waals surface area contributed by atoms with Crippen molar-refractivity contribution in [2.24, 2.45) is 0 Å². The molecule has 0 saturated carbocycles. The van der Waals surface area contributed by atoms with Crippen LogP contribution in [0.2, 0.25) is 0 Å². The number of hydrogen-bond donors (Lipinski definition) is 3. The molecule has 0 unspecified atom stereocenters. The van der Waals surface area contributed by atoms with Crippen molar-refractivity contribution in [1.29, 1.82) is 0 Å². The van der Waals surface area contributed by atoms with E-state index in [1.54, 1.807) is 49.4 Å². The van der Waals surface area contributed by atoms with E-state index in [9.17, 15) is 14.7 Å². The van der Waals surface area contributed by atoms with E-state index >= 15 is 0 Å². The van der Waals surface area contributed by atoms with Gasteiger partial charge >= 0.3 is 0 Å². The van der Waals surface area contributed by atoms with Crippen molar-refractivity contribution in [2.75, 3.05) is 12.4 Å². The molecule has 1 heterocycles. The van der Waals surface area contributed by atoms with Gasteiger partial charge in [0, 0.05) is 11.3 Å². The number of phenols is 1. The molecule has 0 spiro atoms. The number of anilines is 1. The zero-order valence-electron chi connectivity index (χ0n) is 16.4. The molecule has 0 fully saturated rings. The average molecular weight is 424 g/mol. The van der Waals surface area contributed by atoms with E-state index in [0.29, 0.717) is 17.0 Å². The number of aromatic hydroxyl groups is 1. The maximum atomic E-state index is 12.4. The summed E-state index contributed by atoms with van der Waals surface area (Å²) in [5, 5.41) is 16.9. The van der Waals surface area contributed by atoms with Crippen molar-refractivity contribution in [3.63, 3.8) is 0 Å². The van der Waals surface area contributed by atoms with Gasteiger partial charge in [0.2, 0.25) is 0 Å². The summed E-state index contributed by atoms with van der Waals surface area (Å²) >= 11 is 5.09. The lowest BCUT2D eigenvalue weighted by molar-refractivity contribution is 0.104. The lowest BCUT2D eigenvalue weighted by Crippen LogP contribution is -2.22. The van der Waals surface area contributed by atoms with Gasteiger partial charge in [-0.2, -0.15) is 5.10 Å². The van der Waals surface area contributed by atoms with Gasteiger partial charge in [0.15, 0.2) is 22.1 Å². The molecule has 30 heavy (non-hydrogen) atoms. The normalized spacial score (nSPS) is 10.9. The fourth-order valence-electron chi connectivity index (χ4n) is 2.62. The van der Waals surface area contributed by atoms with Crippen LogP contribution < -0.4 is 15.6 Å². The minimum absolute atomic E-state index is 0.0395. The molecule has 3 N–H and O–H groups in total. The van der Waals surface area contributed by atoms with Crippen LogP contribution in [0.3, 0.4) is 0 Å². The third-order valence-corrected chi connectivity index (χ3v) is 4.60. The molecule has 0 bridgehead atoms. The highest BCUT2D eigenvalue weighted by Gasteiger charge is 2.05. The summed E-state index contributed by atoms with van der Waals surface area (Å²) in [6.45, 7) is 1.87. The predicted molar refractivity (Wildman–Crippen MR) is 117 cm³/mol. The van der Waals surface area contributed by atoms with E-state index in [0.717, 1.165) is 11.3 Å². The molecular weight excluding hydrogens is 404 g/mol. The van der Waals surface area contributed by atoms with Crippen LogP contribution in [0, 0.1) is 11.7 Å². The minimum Gasteiger partial charge on any atom is -0.504 e. The Morgan fingerprint density at radius 2 is 2.03 bits per heavy atom. The van der Waals surface area contributed by atoms with Crippen LogP contribution in [-0.4, -0.2) is 32.8 Å². The molecule has 9 heteroatoms. The summed E-state index contributed by atoms with van der Waals surface area (Å²) in [5.74, 6) is 0.221. The van der Waals surface area contributed by atoms with Gasteiger partial charge in [-0.3, -0.25) is 14.6 Å². The summed E-state index contributed by atoms with van der Waals surface area (Å²) in [6, 6.07) is 11.8. The van der Waals surface area contributed by atoms with Crippen LogP contribution >= 0.6 is 12.2 Å². The molecule has 1 aromatic heterocycles. The van der Waals surface area contributed by atoms with Crippen molar-refractivity contribution in [3.8, 4) is 11.5 Å². The number of allylic oxidation sites excluding steroid dienone is 1. The number of phenolic OH excluding ortho intramolecular Hbond substituents is 1. The standard InChI is InChI=1S/C21H20N4O4S/c1-13-20(28)23-21(30)25(24-13)12-22-16-7-5-15(6-8-16)17(26)9-3-14-4-10-18(27)19(11-14)29-2/h3-11,22,27H,12H2,1-2H3,(H,23,28,30). The van der Waals surface area contributed by atoms with Gasteiger partial charge in [-0.25, -0.2) is 4.68 Å². The predicted octanol–water partition coefficient (Wildman–Crippen LogP) is 3.29. The van der Waals surface area contributed by atoms with Gasteiger partial charge in [-0.15, -0.1) is 0 Å². The summed E-state index contributed by atoms with van der Waals surface area (Å²) in [6.07, 6.45) is 3.11. The molecule has 154 valence electrons. The van der Waals surface area contributed by atoms with E-state index in [1.165, 1.54) is 23.9 Å². The van der Waals surface area contributed by atoms with Gasteiger partial charge < -0.3 is 15.2 Å². The number of carbonyl (C=O) groups excluding carboxylic acids is 1. The number of ketones is 1. The fourth-order valence-corrected chi connectivity index (χ4v) is 2.81. The number of nitrogens with one attached hydrogen (secondary N) is 2. The second-order valence-electron chi connectivity index (χ2n) is 6.39. The van der Waals surface area contributed by atoms with Gasteiger partial charge in [0.05, 0.1) is 7.11 Å². The van der Waals surface area contributed by atoms with Crippen LogP contribution in [0.5, 0.6) is 11.5 Å². The fraction of sp³-hybridized carbons (Fsp3) is 0.143. The maximum Gasteiger partial charge on any atom is 0.273 e. The van der Waals surface area contributed by atoms with Crippen molar-refractivity contribution in [1.82, 2.24) is 14.8 Å². The van der Waals surface area contributed by atoms with Gasteiger partial charge in [0.25, 0.3) is 5.56 Å². The van der Waals surface area contributed by atoms with E-state index in [4.69, 9.17) is 17.0 Å².